The summed E-state index contributed by atoms with van der Waals surface area (Å²) in [7, 11) is 0. The van der Waals surface area contributed by atoms with Gasteiger partial charge in [0.2, 0.25) is 0 Å². The third kappa shape index (κ3) is 2.72. The molecule has 0 saturated heterocycles. The molecular weight excluding hydrogens is 308 g/mol. The van der Waals surface area contributed by atoms with E-state index in [9.17, 15) is 4.79 Å². The highest BCUT2D eigenvalue weighted by Gasteiger charge is 2.20. The van der Waals surface area contributed by atoms with E-state index in [-0.39, 0.29) is 5.78 Å². The zero-order valence-electron chi connectivity index (χ0n) is 14.3. The Hall–Kier alpha value is -2.94. The number of pyridine rings is 1. The van der Waals surface area contributed by atoms with Crippen LogP contribution in [0.3, 0.4) is 0 Å². The Morgan fingerprint density at radius 2 is 1.76 bits per heavy atom. The lowest BCUT2D eigenvalue weighted by Crippen LogP contribution is -2.08. The van der Waals surface area contributed by atoms with Crippen molar-refractivity contribution in [1.29, 1.82) is 0 Å². The van der Waals surface area contributed by atoms with Crippen molar-refractivity contribution in [3.63, 3.8) is 0 Å². The Bertz CT molecular complexity index is 1050. The highest BCUT2D eigenvalue weighted by atomic mass is 16.1. The van der Waals surface area contributed by atoms with Crippen LogP contribution in [-0.2, 0) is 6.42 Å². The van der Waals surface area contributed by atoms with Crippen LogP contribution in [0.5, 0.6) is 0 Å². The minimum Gasteiger partial charge on any atom is -0.354 e. The first kappa shape index (κ1) is 15.6. The van der Waals surface area contributed by atoms with Gasteiger partial charge in [0.15, 0.2) is 5.78 Å². The largest absolute Gasteiger partial charge is 0.354 e. The van der Waals surface area contributed by atoms with Crippen LogP contribution in [-0.4, -0.2) is 15.8 Å². The summed E-state index contributed by atoms with van der Waals surface area (Å²) < 4.78 is 0. The molecule has 0 bridgehead atoms. The van der Waals surface area contributed by atoms with E-state index in [1.807, 2.05) is 54.7 Å². The summed E-state index contributed by atoms with van der Waals surface area (Å²) in [6.45, 7) is 2.15. The van der Waals surface area contributed by atoms with Crippen LogP contribution in [0.2, 0.25) is 0 Å². The van der Waals surface area contributed by atoms with Gasteiger partial charge in [-0.25, -0.2) is 0 Å². The SMILES string of the molecule is CCCCc1ncc2c([nH]c3ccccc32)c1C(=O)c1ccccc1. The van der Waals surface area contributed by atoms with Crippen molar-refractivity contribution < 1.29 is 4.79 Å². The standard InChI is InChI=1S/C22H20N2O/c1-2-3-12-19-20(22(25)15-9-5-4-6-10-15)21-17(14-23-19)16-11-7-8-13-18(16)24-21/h4-11,13-14,24H,2-3,12H2,1H3. The summed E-state index contributed by atoms with van der Waals surface area (Å²) in [4.78, 5) is 21.4. The number of carbonyl (C=O) groups is 1. The van der Waals surface area contributed by atoms with Gasteiger partial charge in [-0.2, -0.15) is 0 Å². The molecule has 0 aliphatic rings. The van der Waals surface area contributed by atoms with Crippen molar-refractivity contribution in [3.05, 3.63) is 77.6 Å². The minimum atomic E-state index is 0.0383. The molecule has 0 fully saturated rings. The predicted octanol–water partition coefficient (Wildman–Crippen LogP) is 5.29. The number of nitrogens with zero attached hydrogens (tertiary/aromatic N) is 1. The number of unbranched alkanes of at least 4 members (excludes halogenated alkanes) is 1. The Morgan fingerprint density at radius 3 is 2.56 bits per heavy atom. The van der Waals surface area contributed by atoms with Crippen molar-refractivity contribution in [2.75, 3.05) is 0 Å². The molecule has 4 rings (SSSR count). The summed E-state index contributed by atoms with van der Waals surface area (Å²) in [5.74, 6) is 0.0383. The molecule has 2 heterocycles. The van der Waals surface area contributed by atoms with E-state index in [0.717, 1.165) is 46.8 Å². The highest BCUT2D eigenvalue weighted by Crippen LogP contribution is 2.30. The molecule has 4 aromatic rings. The number of para-hydroxylation sites is 1. The summed E-state index contributed by atoms with van der Waals surface area (Å²) in [5.41, 5.74) is 4.24. The molecular formula is C22H20N2O. The number of aryl methyl sites for hydroxylation is 1. The second kappa shape index (κ2) is 6.52. The summed E-state index contributed by atoms with van der Waals surface area (Å²) in [5, 5.41) is 2.12. The third-order valence-corrected chi connectivity index (χ3v) is 4.66. The lowest BCUT2D eigenvalue weighted by molar-refractivity contribution is 0.103. The number of nitrogens with one attached hydrogen (secondary N) is 1. The van der Waals surface area contributed by atoms with E-state index in [1.54, 1.807) is 0 Å². The number of benzene rings is 2. The summed E-state index contributed by atoms with van der Waals surface area (Å²) in [6, 6.07) is 17.6. The van der Waals surface area contributed by atoms with Crippen LogP contribution in [0.15, 0.2) is 60.8 Å². The predicted molar refractivity (Wildman–Crippen MR) is 102 cm³/mol. The number of aromatic nitrogens is 2. The number of hydrogen-bond donors (Lipinski definition) is 1. The first-order valence-electron chi connectivity index (χ1n) is 8.77. The monoisotopic (exact) mass is 328 g/mol. The summed E-state index contributed by atoms with van der Waals surface area (Å²) >= 11 is 0. The van der Waals surface area contributed by atoms with Crippen molar-refractivity contribution in [2.24, 2.45) is 0 Å². The van der Waals surface area contributed by atoms with E-state index >= 15 is 0 Å². The Kier molecular flexibility index (Phi) is 4.06. The minimum absolute atomic E-state index is 0.0383. The van der Waals surface area contributed by atoms with Crippen molar-refractivity contribution in [3.8, 4) is 0 Å². The second-order valence-corrected chi connectivity index (χ2v) is 6.34. The van der Waals surface area contributed by atoms with E-state index < -0.39 is 0 Å². The van der Waals surface area contributed by atoms with Gasteiger partial charge in [-0.3, -0.25) is 9.78 Å². The number of aromatic amines is 1. The molecule has 124 valence electrons. The fourth-order valence-electron chi connectivity index (χ4n) is 3.36. The van der Waals surface area contributed by atoms with Crippen LogP contribution >= 0.6 is 0 Å². The van der Waals surface area contributed by atoms with Gasteiger partial charge in [0, 0.05) is 28.0 Å². The maximum Gasteiger partial charge on any atom is 0.196 e. The molecule has 2 aromatic carbocycles. The van der Waals surface area contributed by atoms with Gasteiger partial charge < -0.3 is 4.98 Å². The van der Waals surface area contributed by atoms with Crippen molar-refractivity contribution in [1.82, 2.24) is 9.97 Å². The lowest BCUT2D eigenvalue weighted by atomic mass is 9.97. The molecule has 0 saturated carbocycles. The van der Waals surface area contributed by atoms with Crippen LogP contribution in [0.25, 0.3) is 21.8 Å². The van der Waals surface area contributed by atoms with Crippen LogP contribution < -0.4 is 0 Å². The lowest BCUT2D eigenvalue weighted by Gasteiger charge is -2.09. The molecule has 0 unspecified atom stereocenters. The fraction of sp³-hybridized carbons (Fsp3) is 0.182. The van der Waals surface area contributed by atoms with Gasteiger partial charge >= 0.3 is 0 Å². The Balaban J connectivity index is 1.98. The molecule has 0 radical (unpaired) electrons. The maximum atomic E-state index is 13.3. The van der Waals surface area contributed by atoms with Gasteiger partial charge in [-0.15, -0.1) is 0 Å². The molecule has 0 aliphatic carbocycles. The second-order valence-electron chi connectivity index (χ2n) is 6.34. The smallest absolute Gasteiger partial charge is 0.196 e. The fourth-order valence-corrected chi connectivity index (χ4v) is 3.36. The van der Waals surface area contributed by atoms with Crippen LogP contribution in [0, 0.1) is 0 Å². The molecule has 1 N–H and O–H groups in total. The molecule has 0 atom stereocenters. The van der Waals surface area contributed by atoms with Gasteiger partial charge in [0.25, 0.3) is 0 Å². The average molecular weight is 328 g/mol. The molecule has 2 aromatic heterocycles. The maximum absolute atomic E-state index is 13.3. The normalized spacial score (nSPS) is 11.2. The number of ketones is 1. The number of carbonyl (C=O) groups excluding carboxylic acids is 1. The first-order valence-corrected chi connectivity index (χ1v) is 8.77. The molecule has 0 spiro atoms. The van der Waals surface area contributed by atoms with E-state index in [2.05, 4.69) is 23.0 Å². The van der Waals surface area contributed by atoms with Gasteiger partial charge in [0.1, 0.15) is 0 Å². The topological polar surface area (TPSA) is 45.8 Å². The average Bonchev–Trinajstić information content (AvgIpc) is 3.04. The van der Waals surface area contributed by atoms with Crippen molar-refractivity contribution in [2.45, 2.75) is 26.2 Å². The Labute approximate surface area is 146 Å². The molecule has 3 heteroatoms. The highest BCUT2D eigenvalue weighted by molar-refractivity contribution is 6.20. The molecule has 0 aliphatic heterocycles. The molecule has 0 amide bonds. The molecule has 3 nitrogen and oxygen atoms in total. The Morgan fingerprint density at radius 1 is 1.00 bits per heavy atom. The van der Waals surface area contributed by atoms with E-state index in [1.165, 1.54) is 0 Å². The van der Waals surface area contributed by atoms with Crippen LogP contribution in [0.1, 0.15) is 41.4 Å². The van der Waals surface area contributed by atoms with E-state index in [4.69, 9.17) is 0 Å². The van der Waals surface area contributed by atoms with Crippen molar-refractivity contribution >= 4 is 27.6 Å². The van der Waals surface area contributed by atoms with Gasteiger partial charge in [0.05, 0.1) is 16.8 Å². The number of hydrogen-bond acceptors (Lipinski definition) is 2. The number of fused-ring (bicyclic) bond motifs is 3. The van der Waals surface area contributed by atoms with E-state index in [0.29, 0.717) is 11.1 Å². The van der Waals surface area contributed by atoms with Gasteiger partial charge in [-0.1, -0.05) is 61.9 Å². The number of rotatable bonds is 5. The number of H-pyrrole nitrogens is 1. The third-order valence-electron chi connectivity index (χ3n) is 4.66. The molecule has 25 heavy (non-hydrogen) atoms. The van der Waals surface area contributed by atoms with Crippen LogP contribution in [0.4, 0.5) is 0 Å². The zero-order valence-corrected chi connectivity index (χ0v) is 14.3. The quantitative estimate of drug-likeness (QED) is 0.506. The zero-order chi connectivity index (χ0) is 17.2. The van der Waals surface area contributed by atoms with Gasteiger partial charge in [-0.05, 0) is 18.9 Å². The first-order chi connectivity index (χ1) is 12.3. The summed E-state index contributed by atoms with van der Waals surface area (Å²) in [6.07, 6.45) is 4.82.